The quantitative estimate of drug-likeness (QED) is 0.591. The Bertz CT molecular complexity index is 747. The highest BCUT2D eigenvalue weighted by atomic mass is 15.5. The summed E-state index contributed by atoms with van der Waals surface area (Å²) >= 11 is 0. The van der Waals surface area contributed by atoms with Crippen molar-refractivity contribution in [1.82, 2.24) is 0 Å². The van der Waals surface area contributed by atoms with E-state index in [4.69, 9.17) is 0 Å². The fraction of sp³-hybridized carbons (Fsp3) is 0.0476. The summed E-state index contributed by atoms with van der Waals surface area (Å²) in [6, 6.07) is 29.0. The van der Waals surface area contributed by atoms with E-state index in [-0.39, 0.29) is 0 Å². The van der Waals surface area contributed by atoms with Gasteiger partial charge in [0.2, 0.25) is 0 Å². The van der Waals surface area contributed by atoms with Gasteiger partial charge in [-0.05, 0) is 48.9 Å². The average Bonchev–Trinajstić information content (AvgIpc) is 2.62. The lowest BCUT2D eigenvalue weighted by Gasteiger charge is -2.26. The van der Waals surface area contributed by atoms with Crippen molar-refractivity contribution in [2.75, 3.05) is 10.4 Å². The van der Waals surface area contributed by atoms with Gasteiger partial charge in [0.15, 0.2) is 0 Å². The van der Waals surface area contributed by atoms with Gasteiger partial charge in [0.05, 0.1) is 17.1 Å². The summed E-state index contributed by atoms with van der Waals surface area (Å²) in [4.78, 5) is 0. The van der Waals surface area contributed by atoms with Crippen molar-refractivity contribution in [3.05, 3.63) is 96.6 Å². The van der Waals surface area contributed by atoms with Gasteiger partial charge < -0.3 is 0 Å². The molecule has 0 saturated heterocycles. The van der Waals surface area contributed by atoms with Crippen LogP contribution in [-0.4, -0.2) is 0 Å². The van der Waals surface area contributed by atoms with Crippen LogP contribution in [0.3, 0.4) is 0 Å². The van der Waals surface area contributed by atoms with E-state index >= 15 is 0 Å². The largest absolute Gasteiger partial charge is 0.294 e. The van der Waals surface area contributed by atoms with Crippen LogP contribution in [0.15, 0.2) is 91.0 Å². The minimum atomic E-state index is 1.05. The fourth-order valence-electron chi connectivity index (χ4n) is 2.42. The van der Waals surface area contributed by atoms with Crippen LogP contribution in [0.4, 0.5) is 17.1 Å². The van der Waals surface area contributed by atoms with Gasteiger partial charge in [-0.3, -0.25) is 10.4 Å². The van der Waals surface area contributed by atoms with Gasteiger partial charge in [0.1, 0.15) is 0 Å². The number of allylic oxidation sites excluding steroid dienone is 1. The molecule has 0 aliphatic rings. The molecular weight excluding hydrogens is 280 g/mol. The number of hydrogen-bond donors (Lipinski definition) is 1. The highest BCUT2D eigenvalue weighted by molar-refractivity contribution is 5.69. The molecule has 3 aromatic carbocycles. The maximum absolute atomic E-state index is 3.48. The molecule has 2 nitrogen and oxygen atoms in total. The van der Waals surface area contributed by atoms with Gasteiger partial charge in [0.25, 0.3) is 0 Å². The second kappa shape index (κ2) is 7.32. The maximum Gasteiger partial charge on any atom is 0.0630 e. The SMILES string of the molecule is C/C=C/c1ccc(N(Nc2ccccc2)c2ccccc2)cc1. The van der Waals surface area contributed by atoms with E-state index in [9.17, 15) is 0 Å². The van der Waals surface area contributed by atoms with Crippen molar-refractivity contribution in [2.45, 2.75) is 6.92 Å². The van der Waals surface area contributed by atoms with Crippen molar-refractivity contribution in [2.24, 2.45) is 0 Å². The summed E-state index contributed by atoms with van der Waals surface area (Å²) < 4.78 is 0. The normalized spacial score (nSPS) is 10.7. The van der Waals surface area contributed by atoms with Gasteiger partial charge >= 0.3 is 0 Å². The molecular formula is C21H20N2. The molecule has 3 rings (SSSR count). The van der Waals surface area contributed by atoms with Crippen molar-refractivity contribution in [3.8, 4) is 0 Å². The first kappa shape index (κ1) is 14.9. The van der Waals surface area contributed by atoms with Crippen LogP contribution in [0.25, 0.3) is 6.08 Å². The second-order valence-electron chi connectivity index (χ2n) is 5.24. The number of rotatable bonds is 5. The topological polar surface area (TPSA) is 15.3 Å². The molecule has 0 fully saturated rings. The standard InChI is InChI=1S/C21H20N2/c1-2-9-18-14-16-21(17-15-18)23(20-12-7-4-8-13-20)22-19-10-5-3-6-11-19/h2-17,22H,1H3/b9-2+. The number of hydrogen-bond acceptors (Lipinski definition) is 2. The summed E-state index contributed by atoms with van der Waals surface area (Å²) in [5, 5.41) is 2.09. The first-order valence-corrected chi connectivity index (χ1v) is 7.76. The number of hydrazine groups is 1. The van der Waals surface area contributed by atoms with E-state index in [1.807, 2.05) is 49.4 Å². The molecule has 0 amide bonds. The lowest BCUT2D eigenvalue weighted by Crippen LogP contribution is -2.24. The zero-order chi connectivity index (χ0) is 15.9. The Morgan fingerprint density at radius 3 is 1.87 bits per heavy atom. The van der Waals surface area contributed by atoms with Crippen LogP contribution in [0, 0.1) is 0 Å². The third kappa shape index (κ3) is 3.80. The number of nitrogens with one attached hydrogen (secondary N) is 1. The monoisotopic (exact) mass is 300 g/mol. The maximum atomic E-state index is 3.48. The van der Waals surface area contributed by atoms with Crippen LogP contribution in [-0.2, 0) is 0 Å². The summed E-state index contributed by atoms with van der Waals surface area (Å²) in [5.41, 5.74) is 7.91. The molecule has 23 heavy (non-hydrogen) atoms. The Labute approximate surface area is 137 Å². The van der Waals surface area contributed by atoms with E-state index in [0.717, 1.165) is 17.1 Å². The van der Waals surface area contributed by atoms with Crippen LogP contribution in [0.5, 0.6) is 0 Å². The molecule has 0 aliphatic heterocycles. The highest BCUT2D eigenvalue weighted by Gasteiger charge is 2.08. The van der Waals surface area contributed by atoms with Gasteiger partial charge in [-0.2, -0.15) is 0 Å². The first-order chi connectivity index (χ1) is 11.4. The molecule has 0 aromatic heterocycles. The van der Waals surface area contributed by atoms with Crippen molar-refractivity contribution in [3.63, 3.8) is 0 Å². The van der Waals surface area contributed by atoms with Crippen molar-refractivity contribution in [1.29, 1.82) is 0 Å². The lowest BCUT2D eigenvalue weighted by molar-refractivity contribution is 1.16. The van der Waals surface area contributed by atoms with E-state index in [1.54, 1.807) is 0 Å². The van der Waals surface area contributed by atoms with Crippen LogP contribution >= 0.6 is 0 Å². The van der Waals surface area contributed by atoms with E-state index in [1.165, 1.54) is 5.56 Å². The average molecular weight is 300 g/mol. The summed E-state index contributed by atoms with van der Waals surface area (Å²) in [6.45, 7) is 2.03. The van der Waals surface area contributed by atoms with Gasteiger partial charge in [-0.25, -0.2) is 0 Å². The Hall–Kier alpha value is -3.00. The summed E-state index contributed by atoms with van der Waals surface area (Å²) in [5.74, 6) is 0. The Morgan fingerprint density at radius 2 is 1.26 bits per heavy atom. The van der Waals surface area contributed by atoms with Crippen LogP contribution < -0.4 is 10.4 Å². The molecule has 0 heterocycles. The minimum absolute atomic E-state index is 1.05. The molecule has 0 aliphatic carbocycles. The molecule has 0 atom stereocenters. The lowest BCUT2D eigenvalue weighted by atomic mass is 10.2. The predicted molar refractivity (Wildman–Crippen MR) is 99.8 cm³/mol. The van der Waals surface area contributed by atoms with E-state index in [0.29, 0.717) is 0 Å². The van der Waals surface area contributed by atoms with Gasteiger partial charge in [0, 0.05) is 0 Å². The van der Waals surface area contributed by atoms with Gasteiger partial charge in [-0.15, -0.1) is 0 Å². The van der Waals surface area contributed by atoms with Crippen LogP contribution in [0.2, 0.25) is 0 Å². The minimum Gasteiger partial charge on any atom is -0.294 e. The fourth-order valence-corrected chi connectivity index (χ4v) is 2.42. The van der Waals surface area contributed by atoms with Crippen molar-refractivity contribution < 1.29 is 0 Å². The molecule has 0 saturated carbocycles. The smallest absolute Gasteiger partial charge is 0.0630 e. The zero-order valence-corrected chi connectivity index (χ0v) is 13.2. The molecule has 0 bridgehead atoms. The number of benzene rings is 3. The van der Waals surface area contributed by atoms with E-state index in [2.05, 4.69) is 65.0 Å². The molecule has 0 unspecified atom stereocenters. The molecule has 2 heteroatoms. The summed E-state index contributed by atoms with van der Waals surface area (Å²) in [7, 11) is 0. The van der Waals surface area contributed by atoms with Gasteiger partial charge in [-0.1, -0.05) is 60.7 Å². The Kier molecular flexibility index (Phi) is 4.75. The highest BCUT2D eigenvalue weighted by Crippen LogP contribution is 2.26. The number of nitrogens with zero attached hydrogens (tertiary/aromatic N) is 1. The Balaban J connectivity index is 1.94. The van der Waals surface area contributed by atoms with Crippen molar-refractivity contribution >= 4 is 23.1 Å². The number of anilines is 3. The zero-order valence-electron chi connectivity index (χ0n) is 13.2. The third-order valence-corrected chi connectivity index (χ3v) is 3.54. The van der Waals surface area contributed by atoms with E-state index < -0.39 is 0 Å². The molecule has 114 valence electrons. The third-order valence-electron chi connectivity index (χ3n) is 3.54. The first-order valence-electron chi connectivity index (χ1n) is 7.76. The van der Waals surface area contributed by atoms with Crippen LogP contribution in [0.1, 0.15) is 12.5 Å². The number of para-hydroxylation sites is 2. The molecule has 1 N–H and O–H groups in total. The summed E-state index contributed by atoms with van der Waals surface area (Å²) in [6.07, 6.45) is 4.15. The second-order valence-corrected chi connectivity index (χ2v) is 5.24. The molecule has 3 aromatic rings. The molecule has 0 radical (unpaired) electrons. The molecule has 0 spiro atoms. The Morgan fingerprint density at radius 1 is 0.696 bits per heavy atom. The predicted octanol–water partition coefficient (Wildman–Crippen LogP) is 5.88.